The molecule has 0 radical (unpaired) electrons. The first kappa shape index (κ1) is 23.0. The summed E-state index contributed by atoms with van der Waals surface area (Å²) >= 11 is 7.58. The van der Waals surface area contributed by atoms with Crippen LogP contribution in [0.3, 0.4) is 0 Å². The van der Waals surface area contributed by atoms with Gasteiger partial charge in [-0.1, -0.05) is 29.4 Å². The summed E-state index contributed by atoms with van der Waals surface area (Å²) in [5.74, 6) is 0.247. The van der Waals surface area contributed by atoms with Crippen LogP contribution in [-0.2, 0) is 11.2 Å². The Morgan fingerprint density at radius 1 is 1.16 bits per heavy atom. The molecular formula is C22H22ClFN4O2S. The maximum absolute atomic E-state index is 13.1. The second-order valence-corrected chi connectivity index (χ2v) is 8.32. The average molecular weight is 461 g/mol. The Bertz CT molecular complexity index is 1090. The van der Waals surface area contributed by atoms with E-state index in [4.69, 9.17) is 11.6 Å². The number of amides is 1. The Balaban J connectivity index is 1.81. The molecule has 9 heteroatoms. The maximum atomic E-state index is 13.1. The number of aromatic nitrogens is 3. The normalized spacial score (nSPS) is 10.8. The van der Waals surface area contributed by atoms with Crippen LogP contribution in [0.1, 0.15) is 35.1 Å². The van der Waals surface area contributed by atoms with Crippen molar-refractivity contribution >= 4 is 35.1 Å². The third-order valence-electron chi connectivity index (χ3n) is 4.56. The quantitative estimate of drug-likeness (QED) is 0.291. The minimum absolute atomic E-state index is 0.0812. The average Bonchev–Trinajstić information content (AvgIpc) is 3.14. The summed E-state index contributed by atoms with van der Waals surface area (Å²) in [4.78, 5) is 23.6. The van der Waals surface area contributed by atoms with E-state index in [2.05, 4.69) is 15.5 Å². The van der Waals surface area contributed by atoms with Gasteiger partial charge in [0.05, 0.1) is 11.4 Å². The number of nitrogens with one attached hydrogen (secondary N) is 1. The molecule has 0 aliphatic heterocycles. The third-order valence-corrected chi connectivity index (χ3v) is 5.90. The van der Waals surface area contributed by atoms with Crippen LogP contribution in [0, 0.1) is 12.7 Å². The van der Waals surface area contributed by atoms with Crippen molar-refractivity contribution in [2.45, 2.75) is 31.8 Å². The summed E-state index contributed by atoms with van der Waals surface area (Å²) in [5.41, 5.74) is 2.19. The Morgan fingerprint density at radius 2 is 1.90 bits per heavy atom. The smallest absolute Gasteiger partial charge is 0.216 e. The van der Waals surface area contributed by atoms with E-state index in [-0.39, 0.29) is 23.3 Å². The Hall–Kier alpha value is -2.71. The van der Waals surface area contributed by atoms with Crippen LogP contribution in [0.5, 0.6) is 0 Å². The summed E-state index contributed by atoms with van der Waals surface area (Å²) in [6.45, 7) is 3.93. The van der Waals surface area contributed by atoms with Gasteiger partial charge in [0.2, 0.25) is 5.91 Å². The fourth-order valence-electron chi connectivity index (χ4n) is 2.90. The highest BCUT2D eigenvalue weighted by Gasteiger charge is 2.17. The molecule has 0 bridgehead atoms. The minimum atomic E-state index is -0.385. The number of benzene rings is 2. The van der Waals surface area contributed by atoms with E-state index in [1.807, 2.05) is 29.7 Å². The number of thioether (sulfide) groups is 1. The van der Waals surface area contributed by atoms with Crippen LogP contribution in [0.15, 0.2) is 47.6 Å². The number of carbonyl (C=O) groups is 2. The second-order valence-electron chi connectivity index (χ2n) is 6.97. The fourth-order valence-corrected chi connectivity index (χ4v) is 3.94. The van der Waals surface area contributed by atoms with Crippen LogP contribution in [0.25, 0.3) is 5.69 Å². The number of rotatable bonds is 9. The van der Waals surface area contributed by atoms with Gasteiger partial charge in [-0.05, 0) is 55.3 Å². The van der Waals surface area contributed by atoms with E-state index in [0.717, 1.165) is 11.3 Å². The standard InChI is InChI=1S/C22H22ClFN4O2S/c1-14-5-10-18(12-19(14)23)28-21(4-3-11-25-15(2)29)26-27-22(28)31-13-20(30)16-6-8-17(24)9-7-16/h5-10,12H,3-4,11,13H2,1-2H3,(H,25,29). The predicted octanol–water partition coefficient (Wildman–Crippen LogP) is 4.41. The van der Waals surface area contributed by atoms with Gasteiger partial charge in [-0.2, -0.15) is 0 Å². The van der Waals surface area contributed by atoms with Gasteiger partial charge >= 0.3 is 0 Å². The highest BCUT2D eigenvalue weighted by molar-refractivity contribution is 7.99. The summed E-state index contributed by atoms with van der Waals surface area (Å²) in [6, 6.07) is 11.1. The first-order chi connectivity index (χ1) is 14.8. The van der Waals surface area contributed by atoms with E-state index < -0.39 is 0 Å². The second kappa shape index (κ2) is 10.5. The molecule has 0 aliphatic carbocycles. The molecule has 2 aromatic carbocycles. The number of ketones is 1. The Kier molecular flexibility index (Phi) is 7.81. The molecule has 0 atom stereocenters. The highest BCUT2D eigenvalue weighted by atomic mass is 35.5. The van der Waals surface area contributed by atoms with Crippen LogP contribution < -0.4 is 5.32 Å². The summed E-state index contributed by atoms with van der Waals surface area (Å²) in [7, 11) is 0. The van der Waals surface area contributed by atoms with Crippen LogP contribution in [0.2, 0.25) is 5.02 Å². The number of hydrogen-bond donors (Lipinski definition) is 1. The van der Waals surface area contributed by atoms with E-state index in [9.17, 15) is 14.0 Å². The lowest BCUT2D eigenvalue weighted by atomic mass is 10.1. The van der Waals surface area contributed by atoms with Crippen LogP contribution in [0.4, 0.5) is 4.39 Å². The molecule has 6 nitrogen and oxygen atoms in total. The lowest BCUT2D eigenvalue weighted by Gasteiger charge is -2.11. The molecule has 3 rings (SSSR count). The lowest BCUT2D eigenvalue weighted by Crippen LogP contribution is -2.21. The maximum Gasteiger partial charge on any atom is 0.216 e. The molecular weight excluding hydrogens is 439 g/mol. The molecule has 0 saturated carbocycles. The van der Waals surface area contributed by atoms with E-state index >= 15 is 0 Å². The zero-order chi connectivity index (χ0) is 22.4. The fraction of sp³-hybridized carbons (Fsp3) is 0.273. The van der Waals surface area contributed by atoms with Gasteiger partial charge in [0.25, 0.3) is 0 Å². The van der Waals surface area contributed by atoms with Crippen molar-refractivity contribution in [2.75, 3.05) is 12.3 Å². The Morgan fingerprint density at radius 3 is 2.58 bits per heavy atom. The largest absolute Gasteiger partial charge is 0.356 e. The summed E-state index contributed by atoms with van der Waals surface area (Å²) in [5, 5.41) is 12.5. The predicted molar refractivity (Wildman–Crippen MR) is 120 cm³/mol. The molecule has 162 valence electrons. The Labute approximate surface area is 189 Å². The molecule has 0 unspecified atom stereocenters. The molecule has 0 fully saturated rings. The van der Waals surface area contributed by atoms with Crippen molar-refractivity contribution in [2.24, 2.45) is 0 Å². The van der Waals surface area contributed by atoms with Gasteiger partial charge in [0, 0.05) is 30.5 Å². The van der Waals surface area contributed by atoms with Crippen LogP contribution >= 0.6 is 23.4 Å². The highest BCUT2D eigenvalue weighted by Crippen LogP contribution is 2.26. The molecule has 1 amide bonds. The van der Waals surface area contributed by atoms with Gasteiger partial charge in [0.1, 0.15) is 11.6 Å². The third kappa shape index (κ3) is 6.15. The molecule has 0 aliphatic rings. The van der Waals surface area contributed by atoms with Gasteiger partial charge < -0.3 is 5.32 Å². The summed E-state index contributed by atoms with van der Waals surface area (Å²) < 4.78 is 15.0. The molecule has 1 N–H and O–H groups in total. The van der Waals surface area contributed by atoms with E-state index in [1.54, 1.807) is 0 Å². The molecule has 1 aromatic heterocycles. The van der Waals surface area contributed by atoms with Crippen molar-refractivity contribution in [1.82, 2.24) is 20.1 Å². The number of Topliss-reactive ketones (excluding diaryl/α,β-unsaturated/α-hetero) is 1. The molecule has 1 heterocycles. The van der Waals surface area contributed by atoms with Crippen molar-refractivity contribution < 1.29 is 14.0 Å². The monoisotopic (exact) mass is 460 g/mol. The SMILES string of the molecule is CC(=O)NCCCc1nnc(SCC(=O)c2ccc(F)cc2)n1-c1ccc(C)c(Cl)c1. The lowest BCUT2D eigenvalue weighted by molar-refractivity contribution is -0.118. The van der Waals surface area contributed by atoms with Gasteiger partial charge in [0.15, 0.2) is 10.9 Å². The number of hydrogen-bond acceptors (Lipinski definition) is 5. The number of aryl methyl sites for hydroxylation is 2. The van der Waals surface area contributed by atoms with E-state index in [0.29, 0.717) is 41.0 Å². The summed E-state index contributed by atoms with van der Waals surface area (Å²) in [6.07, 6.45) is 1.28. The van der Waals surface area contributed by atoms with Crippen molar-refractivity contribution in [1.29, 1.82) is 0 Å². The molecule has 3 aromatic rings. The molecule has 0 spiro atoms. The van der Waals surface area contributed by atoms with Gasteiger partial charge in [-0.25, -0.2) is 4.39 Å². The number of halogens is 2. The van der Waals surface area contributed by atoms with E-state index in [1.165, 1.54) is 43.0 Å². The van der Waals surface area contributed by atoms with Crippen molar-refractivity contribution in [3.8, 4) is 5.69 Å². The first-order valence-electron chi connectivity index (χ1n) is 9.72. The molecule has 0 saturated heterocycles. The zero-order valence-corrected chi connectivity index (χ0v) is 18.8. The van der Waals surface area contributed by atoms with Crippen molar-refractivity contribution in [3.05, 3.63) is 70.3 Å². The molecule has 31 heavy (non-hydrogen) atoms. The van der Waals surface area contributed by atoms with Gasteiger partial charge in [-0.3, -0.25) is 14.2 Å². The minimum Gasteiger partial charge on any atom is -0.356 e. The zero-order valence-electron chi connectivity index (χ0n) is 17.2. The number of nitrogens with zero attached hydrogens (tertiary/aromatic N) is 3. The van der Waals surface area contributed by atoms with Crippen molar-refractivity contribution in [3.63, 3.8) is 0 Å². The van der Waals surface area contributed by atoms with Crippen LogP contribution in [-0.4, -0.2) is 38.8 Å². The topological polar surface area (TPSA) is 76.9 Å². The number of carbonyl (C=O) groups excluding carboxylic acids is 2. The van der Waals surface area contributed by atoms with Gasteiger partial charge in [-0.15, -0.1) is 10.2 Å². The first-order valence-corrected chi connectivity index (χ1v) is 11.1.